The fourth-order valence-corrected chi connectivity index (χ4v) is 4.46. The summed E-state index contributed by atoms with van der Waals surface area (Å²) in [6, 6.07) is 10.8. The molecule has 2 aromatic rings. The van der Waals surface area contributed by atoms with Crippen LogP contribution < -0.4 is 14.1 Å². The van der Waals surface area contributed by atoms with Crippen LogP contribution in [0.3, 0.4) is 0 Å². The van der Waals surface area contributed by atoms with Crippen molar-refractivity contribution in [1.29, 1.82) is 0 Å². The van der Waals surface area contributed by atoms with Crippen LogP contribution in [0.2, 0.25) is 23.2 Å². The van der Waals surface area contributed by atoms with Crippen LogP contribution in [0.25, 0.3) is 6.08 Å². The van der Waals surface area contributed by atoms with Gasteiger partial charge in [-0.3, -0.25) is 9.59 Å². The fraction of sp³-hybridized carbons (Fsp3) is 0.360. The first kappa shape index (κ1) is 24.1. The highest BCUT2D eigenvalue weighted by Crippen LogP contribution is 2.40. The average Bonchev–Trinajstić information content (AvgIpc) is 2.71. The standard InChI is InChI=1S/C25H30ClNO4Si/c1-25(2,3)32(5,6)31-21-12-7-17(15-22(21)30-4)8-13-23(28)27-20-11-10-19(26)16-18(20)9-14-24(27)29/h7-8,10-13,15-16H,9,14H2,1-6H3. The van der Waals surface area contributed by atoms with E-state index >= 15 is 0 Å². The van der Waals surface area contributed by atoms with Crippen molar-refractivity contribution < 1.29 is 18.8 Å². The molecule has 3 rings (SSSR count). The Kier molecular flexibility index (Phi) is 6.86. The Morgan fingerprint density at radius 2 is 1.81 bits per heavy atom. The zero-order valence-corrected chi connectivity index (χ0v) is 21.2. The maximum atomic E-state index is 12.9. The molecule has 0 bridgehead atoms. The Balaban J connectivity index is 1.83. The van der Waals surface area contributed by atoms with Crippen LogP contribution in [0, 0.1) is 0 Å². The molecule has 170 valence electrons. The summed E-state index contributed by atoms with van der Waals surface area (Å²) in [5.41, 5.74) is 2.27. The molecule has 2 amide bonds. The first-order valence-corrected chi connectivity index (χ1v) is 13.9. The Bertz CT molecular complexity index is 1070. The minimum absolute atomic E-state index is 0.0600. The highest BCUT2D eigenvalue weighted by molar-refractivity contribution is 6.74. The van der Waals surface area contributed by atoms with Crippen molar-refractivity contribution in [1.82, 2.24) is 0 Å². The van der Waals surface area contributed by atoms with E-state index in [2.05, 4.69) is 33.9 Å². The van der Waals surface area contributed by atoms with E-state index in [1.54, 1.807) is 31.4 Å². The second-order valence-electron chi connectivity index (χ2n) is 9.45. The molecular weight excluding hydrogens is 442 g/mol. The number of methoxy groups -OCH3 is 1. The Morgan fingerprint density at radius 1 is 1.09 bits per heavy atom. The molecular formula is C25H30ClNO4Si. The van der Waals surface area contributed by atoms with Crippen LogP contribution in [0.1, 0.15) is 38.3 Å². The first-order valence-electron chi connectivity index (χ1n) is 10.6. The van der Waals surface area contributed by atoms with E-state index in [-0.39, 0.29) is 23.3 Å². The van der Waals surface area contributed by atoms with E-state index in [9.17, 15) is 9.59 Å². The van der Waals surface area contributed by atoms with Gasteiger partial charge in [-0.05, 0) is 72.1 Å². The molecule has 0 saturated carbocycles. The topological polar surface area (TPSA) is 55.8 Å². The minimum Gasteiger partial charge on any atom is -0.541 e. The van der Waals surface area contributed by atoms with Crippen molar-refractivity contribution in [3.05, 3.63) is 58.6 Å². The van der Waals surface area contributed by atoms with Crippen molar-refractivity contribution in [3.8, 4) is 11.5 Å². The molecule has 2 aromatic carbocycles. The SMILES string of the molecule is COc1cc(C=CC(=O)N2C(=O)CCc3cc(Cl)ccc32)ccc1O[Si](C)(C)C(C)(C)C. The number of carbonyl (C=O) groups excluding carboxylic acids is 2. The van der Waals surface area contributed by atoms with Gasteiger partial charge in [-0.2, -0.15) is 0 Å². The quantitative estimate of drug-likeness (QED) is 0.382. The smallest absolute Gasteiger partial charge is 0.257 e. The number of halogens is 1. The lowest BCUT2D eigenvalue weighted by Gasteiger charge is -2.36. The summed E-state index contributed by atoms with van der Waals surface area (Å²) >= 11 is 6.07. The Hall–Kier alpha value is -2.57. The molecule has 0 radical (unpaired) electrons. The van der Waals surface area contributed by atoms with E-state index in [1.807, 2.05) is 18.2 Å². The van der Waals surface area contributed by atoms with Crippen LogP contribution >= 0.6 is 11.6 Å². The lowest BCUT2D eigenvalue weighted by atomic mass is 10.0. The van der Waals surface area contributed by atoms with Crippen molar-refractivity contribution >= 4 is 43.5 Å². The van der Waals surface area contributed by atoms with Gasteiger partial charge >= 0.3 is 0 Å². The molecule has 0 aliphatic carbocycles. The van der Waals surface area contributed by atoms with E-state index in [0.29, 0.717) is 28.6 Å². The number of benzene rings is 2. The van der Waals surface area contributed by atoms with Gasteiger partial charge in [-0.1, -0.05) is 38.4 Å². The summed E-state index contributed by atoms with van der Waals surface area (Å²) in [7, 11) is -0.423. The second kappa shape index (κ2) is 9.12. The van der Waals surface area contributed by atoms with Gasteiger partial charge in [0.05, 0.1) is 12.8 Å². The highest BCUT2D eigenvalue weighted by atomic mass is 35.5. The summed E-state index contributed by atoms with van der Waals surface area (Å²) in [5.74, 6) is 0.696. The summed E-state index contributed by atoms with van der Waals surface area (Å²) < 4.78 is 11.9. The third-order valence-electron chi connectivity index (χ3n) is 6.14. The molecule has 1 aliphatic rings. The third-order valence-corrected chi connectivity index (χ3v) is 10.7. The highest BCUT2D eigenvalue weighted by Gasteiger charge is 2.39. The average molecular weight is 472 g/mol. The lowest BCUT2D eigenvalue weighted by molar-refractivity contribution is -0.124. The van der Waals surface area contributed by atoms with Gasteiger partial charge in [0.1, 0.15) is 5.75 Å². The van der Waals surface area contributed by atoms with E-state index in [0.717, 1.165) is 11.1 Å². The zero-order valence-electron chi connectivity index (χ0n) is 19.5. The lowest BCUT2D eigenvalue weighted by Crippen LogP contribution is -2.43. The van der Waals surface area contributed by atoms with Gasteiger partial charge in [0, 0.05) is 17.5 Å². The molecule has 0 aromatic heterocycles. The van der Waals surface area contributed by atoms with Crippen LogP contribution in [-0.4, -0.2) is 27.2 Å². The molecule has 1 aliphatic heterocycles. The van der Waals surface area contributed by atoms with Crippen molar-refractivity contribution in [2.75, 3.05) is 12.0 Å². The van der Waals surface area contributed by atoms with Crippen LogP contribution in [0.4, 0.5) is 5.69 Å². The number of aryl methyl sites for hydroxylation is 1. The summed E-state index contributed by atoms with van der Waals surface area (Å²) in [6.07, 6.45) is 3.94. The Labute approximate surface area is 196 Å². The number of hydrogen-bond acceptors (Lipinski definition) is 4. The summed E-state index contributed by atoms with van der Waals surface area (Å²) in [6.45, 7) is 10.9. The van der Waals surface area contributed by atoms with Gasteiger partial charge in [-0.25, -0.2) is 4.90 Å². The molecule has 5 nitrogen and oxygen atoms in total. The second-order valence-corrected chi connectivity index (χ2v) is 14.6. The van der Waals surface area contributed by atoms with Crippen molar-refractivity contribution in [2.24, 2.45) is 0 Å². The molecule has 1 heterocycles. The number of rotatable bonds is 5. The molecule has 0 unspecified atom stereocenters. The van der Waals surface area contributed by atoms with Gasteiger partial charge < -0.3 is 9.16 Å². The number of amides is 2. The number of fused-ring (bicyclic) bond motifs is 1. The molecule has 32 heavy (non-hydrogen) atoms. The molecule has 7 heteroatoms. The van der Waals surface area contributed by atoms with Crippen molar-refractivity contribution in [3.63, 3.8) is 0 Å². The van der Waals surface area contributed by atoms with Crippen LogP contribution in [0.15, 0.2) is 42.5 Å². The van der Waals surface area contributed by atoms with Crippen LogP contribution in [0.5, 0.6) is 11.5 Å². The normalized spacial score (nSPS) is 14.5. The van der Waals surface area contributed by atoms with Gasteiger partial charge in [0.15, 0.2) is 5.75 Å². The predicted octanol–water partition coefficient (Wildman–Crippen LogP) is 6.25. The van der Waals surface area contributed by atoms with Gasteiger partial charge in [0.25, 0.3) is 14.2 Å². The summed E-state index contributed by atoms with van der Waals surface area (Å²) in [5, 5.41) is 0.651. The number of carbonyl (C=O) groups is 2. The summed E-state index contributed by atoms with van der Waals surface area (Å²) in [4.78, 5) is 26.6. The molecule has 0 spiro atoms. The van der Waals surface area contributed by atoms with E-state index in [4.69, 9.17) is 20.8 Å². The number of nitrogens with zero attached hydrogens (tertiary/aromatic N) is 1. The minimum atomic E-state index is -2.02. The van der Waals surface area contributed by atoms with E-state index < -0.39 is 8.32 Å². The number of ether oxygens (including phenoxy) is 1. The van der Waals surface area contributed by atoms with E-state index in [1.165, 1.54) is 11.0 Å². The number of anilines is 1. The third kappa shape index (κ3) is 5.08. The largest absolute Gasteiger partial charge is 0.541 e. The molecule has 0 saturated heterocycles. The van der Waals surface area contributed by atoms with Crippen LogP contribution in [-0.2, 0) is 16.0 Å². The fourth-order valence-electron chi connectivity index (χ4n) is 3.24. The predicted molar refractivity (Wildman–Crippen MR) is 132 cm³/mol. The Morgan fingerprint density at radius 3 is 2.47 bits per heavy atom. The van der Waals surface area contributed by atoms with Gasteiger partial charge in [-0.15, -0.1) is 0 Å². The molecule has 0 atom stereocenters. The molecule has 0 N–H and O–H groups in total. The maximum Gasteiger partial charge on any atom is 0.257 e. The monoisotopic (exact) mass is 471 g/mol. The molecule has 0 fully saturated rings. The zero-order chi connectivity index (χ0) is 23.7. The number of imide groups is 1. The number of hydrogen-bond donors (Lipinski definition) is 0. The first-order chi connectivity index (χ1) is 14.9. The van der Waals surface area contributed by atoms with Crippen molar-refractivity contribution in [2.45, 2.75) is 51.7 Å². The maximum absolute atomic E-state index is 12.9. The van der Waals surface area contributed by atoms with Gasteiger partial charge in [0.2, 0.25) is 5.91 Å².